The lowest BCUT2D eigenvalue weighted by atomic mass is 9.87. The van der Waals surface area contributed by atoms with Crippen LogP contribution in [0.4, 0.5) is 0 Å². The van der Waals surface area contributed by atoms with E-state index in [-0.39, 0.29) is 5.97 Å². The Bertz CT molecular complexity index is 560. The second-order valence-electron chi connectivity index (χ2n) is 4.41. The van der Waals surface area contributed by atoms with Gasteiger partial charge in [0.1, 0.15) is 11.8 Å². The van der Waals surface area contributed by atoms with Crippen molar-refractivity contribution in [3.63, 3.8) is 0 Å². The molecule has 2 rings (SSSR count). The van der Waals surface area contributed by atoms with Gasteiger partial charge in [-0.05, 0) is 19.0 Å². The van der Waals surface area contributed by atoms with Gasteiger partial charge in [-0.1, -0.05) is 42.1 Å². The number of aromatic nitrogens is 1. The van der Waals surface area contributed by atoms with Gasteiger partial charge in [-0.2, -0.15) is 0 Å². The van der Waals surface area contributed by atoms with E-state index in [4.69, 9.17) is 9.15 Å². The van der Waals surface area contributed by atoms with E-state index in [1.54, 1.807) is 13.2 Å². The summed E-state index contributed by atoms with van der Waals surface area (Å²) in [5, 5.41) is 3.72. The Kier molecular flexibility index (Phi) is 5.41. The van der Waals surface area contributed by atoms with Crippen molar-refractivity contribution < 1.29 is 13.9 Å². The van der Waals surface area contributed by atoms with Crippen LogP contribution in [-0.4, -0.2) is 30.9 Å². The van der Waals surface area contributed by atoms with E-state index in [1.807, 2.05) is 30.3 Å². The summed E-state index contributed by atoms with van der Waals surface area (Å²) in [5.74, 6) is 0.370. The fraction of sp³-hybridized carbons (Fsp3) is 0.333. The summed E-state index contributed by atoms with van der Waals surface area (Å²) in [4.78, 5) is 16.4. The number of carbonyl (C=O) groups is 1. The Labute approximate surface area is 128 Å². The van der Waals surface area contributed by atoms with Gasteiger partial charge in [0.25, 0.3) is 5.22 Å². The number of nitrogens with one attached hydrogen (secondary N) is 1. The summed E-state index contributed by atoms with van der Waals surface area (Å²) < 4.78 is 10.2. The van der Waals surface area contributed by atoms with Crippen LogP contribution in [0.1, 0.15) is 12.0 Å². The summed E-state index contributed by atoms with van der Waals surface area (Å²) in [5.41, 5.74) is 0.0163. The maximum Gasteiger partial charge on any atom is 0.330 e. The highest BCUT2D eigenvalue weighted by Gasteiger charge is 2.39. The normalized spacial score (nSPS) is 13.6. The minimum atomic E-state index is -0.865. The van der Waals surface area contributed by atoms with E-state index in [0.29, 0.717) is 17.4 Å². The zero-order chi connectivity index (χ0) is 15.1. The van der Waals surface area contributed by atoms with Crippen molar-refractivity contribution in [1.29, 1.82) is 0 Å². The predicted octanol–water partition coefficient (Wildman–Crippen LogP) is 2.44. The largest absolute Gasteiger partial charge is 0.467 e. The number of hydrogen-bond acceptors (Lipinski definition) is 6. The van der Waals surface area contributed by atoms with Crippen LogP contribution in [0.3, 0.4) is 0 Å². The fourth-order valence-electron chi connectivity index (χ4n) is 2.21. The van der Waals surface area contributed by atoms with Crippen molar-refractivity contribution in [2.75, 3.05) is 19.9 Å². The van der Waals surface area contributed by atoms with Crippen LogP contribution in [0.15, 0.2) is 52.4 Å². The molecule has 2 aromatic rings. The third kappa shape index (κ3) is 3.46. The smallest absolute Gasteiger partial charge is 0.330 e. The van der Waals surface area contributed by atoms with E-state index >= 15 is 0 Å². The number of carbonyl (C=O) groups excluding carboxylic acids is 1. The van der Waals surface area contributed by atoms with Gasteiger partial charge in [0.2, 0.25) is 0 Å². The molecule has 0 amide bonds. The SMILES string of the molecule is CNC(CCSc1ncco1)(C(=O)OC)c1ccccc1. The van der Waals surface area contributed by atoms with Crippen molar-refractivity contribution in [1.82, 2.24) is 10.3 Å². The molecular weight excluding hydrogens is 288 g/mol. The molecule has 0 spiro atoms. The zero-order valence-corrected chi connectivity index (χ0v) is 12.9. The molecule has 0 aliphatic rings. The Morgan fingerprint density at radius 3 is 2.76 bits per heavy atom. The number of rotatable bonds is 7. The number of thioether (sulfide) groups is 1. The topological polar surface area (TPSA) is 64.4 Å². The monoisotopic (exact) mass is 306 g/mol. The number of esters is 1. The minimum absolute atomic E-state index is 0.302. The first-order valence-corrected chi connectivity index (χ1v) is 7.56. The standard InChI is InChI=1S/C15H18N2O3S/c1-16-15(13(18)19-2,12-6-4-3-5-7-12)8-11-21-14-17-9-10-20-14/h3-7,9-10,16H,8,11H2,1-2H3. The number of benzene rings is 1. The van der Waals surface area contributed by atoms with Gasteiger partial charge in [-0.15, -0.1) is 0 Å². The molecule has 0 fully saturated rings. The highest BCUT2D eigenvalue weighted by molar-refractivity contribution is 7.99. The first-order valence-electron chi connectivity index (χ1n) is 6.58. The summed E-state index contributed by atoms with van der Waals surface area (Å²) >= 11 is 1.47. The first-order chi connectivity index (χ1) is 10.2. The molecule has 1 aromatic heterocycles. The van der Waals surface area contributed by atoms with Crippen LogP contribution < -0.4 is 5.32 Å². The molecule has 0 bridgehead atoms. The third-order valence-corrected chi connectivity index (χ3v) is 4.20. The average molecular weight is 306 g/mol. The second-order valence-corrected chi connectivity index (χ2v) is 5.46. The maximum atomic E-state index is 12.3. The van der Waals surface area contributed by atoms with Crippen molar-refractivity contribution >= 4 is 17.7 Å². The van der Waals surface area contributed by atoms with Crippen LogP contribution in [0.25, 0.3) is 0 Å². The molecule has 0 aliphatic heterocycles. The maximum absolute atomic E-state index is 12.3. The Balaban J connectivity index is 2.17. The molecular formula is C15H18N2O3S. The molecule has 1 N–H and O–H groups in total. The Morgan fingerprint density at radius 2 is 2.19 bits per heavy atom. The summed E-state index contributed by atoms with van der Waals surface area (Å²) in [6.45, 7) is 0. The van der Waals surface area contributed by atoms with Crippen molar-refractivity contribution in [2.24, 2.45) is 0 Å². The highest BCUT2D eigenvalue weighted by atomic mass is 32.2. The van der Waals surface area contributed by atoms with Gasteiger partial charge in [0, 0.05) is 5.75 Å². The van der Waals surface area contributed by atoms with Crippen LogP contribution in [0, 0.1) is 0 Å². The molecule has 6 heteroatoms. The highest BCUT2D eigenvalue weighted by Crippen LogP contribution is 2.29. The number of hydrogen-bond donors (Lipinski definition) is 1. The van der Waals surface area contributed by atoms with E-state index in [0.717, 1.165) is 5.56 Å². The molecule has 21 heavy (non-hydrogen) atoms. The summed E-state index contributed by atoms with van der Waals surface area (Å²) in [7, 11) is 3.16. The fourth-order valence-corrected chi connectivity index (χ4v) is 3.05. The second kappa shape index (κ2) is 7.28. The molecule has 5 nitrogen and oxygen atoms in total. The molecule has 0 saturated heterocycles. The van der Waals surface area contributed by atoms with Crippen molar-refractivity contribution in [3.05, 3.63) is 48.4 Å². The van der Waals surface area contributed by atoms with E-state index in [2.05, 4.69) is 10.3 Å². The van der Waals surface area contributed by atoms with Gasteiger partial charge in [-0.25, -0.2) is 9.78 Å². The predicted molar refractivity (Wildman–Crippen MR) is 81.0 cm³/mol. The molecule has 0 radical (unpaired) electrons. The third-order valence-electron chi connectivity index (χ3n) is 3.34. The lowest BCUT2D eigenvalue weighted by molar-refractivity contribution is -0.149. The van der Waals surface area contributed by atoms with Gasteiger partial charge in [-0.3, -0.25) is 0 Å². The molecule has 1 heterocycles. The number of nitrogens with zero attached hydrogens (tertiary/aromatic N) is 1. The quantitative estimate of drug-likeness (QED) is 0.626. The molecule has 112 valence electrons. The molecule has 0 saturated carbocycles. The number of likely N-dealkylation sites (N-methyl/N-ethyl adjacent to an activating group) is 1. The summed E-state index contributed by atoms with van der Waals surface area (Å²) in [6.07, 6.45) is 3.70. The number of ether oxygens (including phenoxy) is 1. The zero-order valence-electron chi connectivity index (χ0n) is 12.0. The van der Waals surface area contributed by atoms with E-state index in [1.165, 1.54) is 25.1 Å². The average Bonchev–Trinajstić information content (AvgIpc) is 3.05. The van der Waals surface area contributed by atoms with Crippen LogP contribution >= 0.6 is 11.8 Å². The first kappa shape index (κ1) is 15.6. The Morgan fingerprint density at radius 1 is 1.43 bits per heavy atom. The van der Waals surface area contributed by atoms with Crippen molar-refractivity contribution in [3.8, 4) is 0 Å². The molecule has 0 aliphatic carbocycles. The van der Waals surface area contributed by atoms with Crippen molar-refractivity contribution in [2.45, 2.75) is 17.2 Å². The lowest BCUT2D eigenvalue weighted by Gasteiger charge is -2.31. The number of methoxy groups -OCH3 is 1. The van der Waals surface area contributed by atoms with E-state index < -0.39 is 5.54 Å². The Hall–Kier alpha value is -1.79. The minimum Gasteiger partial charge on any atom is -0.467 e. The molecule has 1 atom stereocenters. The van der Waals surface area contributed by atoms with Gasteiger partial charge >= 0.3 is 5.97 Å². The molecule has 1 aromatic carbocycles. The van der Waals surface area contributed by atoms with E-state index in [9.17, 15) is 4.79 Å². The molecule has 1 unspecified atom stereocenters. The summed E-state index contributed by atoms with van der Waals surface area (Å²) in [6, 6.07) is 9.58. The van der Waals surface area contributed by atoms with Crippen LogP contribution in [0.5, 0.6) is 0 Å². The number of oxazole rings is 1. The van der Waals surface area contributed by atoms with Crippen LogP contribution in [-0.2, 0) is 15.1 Å². The van der Waals surface area contributed by atoms with Gasteiger partial charge < -0.3 is 14.5 Å². The van der Waals surface area contributed by atoms with Gasteiger partial charge in [0.15, 0.2) is 0 Å². The lowest BCUT2D eigenvalue weighted by Crippen LogP contribution is -2.48. The van der Waals surface area contributed by atoms with Crippen LogP contribution in [0.2, 0.25) is 0 Å². The van der Waals surface area contributed by atoms with Gasteiger partial charge in [0.05, 0.1) is 13.3 Å².